The smallest absolute Gasteiger partial charge is 0.341 e. The van der Waals surface area contributed by atoms with Gasteiger partial charge in [-0.3, -0.25) is 14.2 Å². The van der Waals surface area contributed by atoms with E-state index in [1.165, 1.54) is 0 Å². The van der Waals surface area contributed by atoms with Crippen LogP contribution in [0.25, 0.3) is 11.0 Å². The quantitative estimate of drug-likeness (QED) is 0.252. The van der Waals surface area contributed by atoms with E-state index in [0.717, 1.165) is 24.3 Å². The zero-order chi connectivity index (χ0) is 30.0. The van der Waals surface area contributed by atoms with Gasteiger partial charge in [0.2, 0.25) is 0 Å². The van der Waals surface area contributed by atoms with Gasteiger partial charge < -0.3 is 15.6 Å². The molecule has 3 N–H and O–H groups in total. The number of nitrogens with one attached hydrogen (secondary N) is 3. The molecule has 3 aromatic carbocycles. The molecule has 4 aromatic rings. The molecule has 5 rings (SSSR count). The van der Waals surface area contributed by atoms with Gasteiger partial charge in [0.15, 0.2) is 0 Å². The number of anilines is 1. The molecule has 0 fully saturated rings. The van der Waals surface area contributed by atoms with Crippen LogP contribution >= 0.6 is 11.6 Å². The van der Waals surface area contributed by atoms with Gasteiger partial charge in [-0.2, -0.15) is 26.3 Å². The highest BCUT2D eigenvalue weighted by atomic mass is 35.5. The van der Waals surface area contributed by atoms with Crippen LogP contribution in [-0.2, 0) is 12.7 Å². The Bertz CT molecular complexity index is 1810. The molecule has 16 heteroatoms. The number of fused-ring (bicyclic) bond motifs is 3. The molecule has 0 radical (unpaired) electrons. The molecule has 1 aliphatic heterocycles. The Balaban J connectivity index is 1.74. The zero-order valence-electron chi connectivity index (χ0n) is 19.9. The van der Waals surface area contributed by atoms with Crippen LogP contribution in [0.3, 0.4) is 0 Å². The summed E-state index contributed by atoms with van der Waals surface area (Å²) in [5.74, 6) is -4.48. The lowest BCUT2D eigenvalue weighted by Gasteiger charge is -2.19. The molecule has 1 aliphatic rings. The number of benzene rings is 3. The molecule has 2 amide bonds. The second-order valence-electron chi connectivity index (χ2n) is 8.99. The summed E-state index contributed by atoms with van der Waals surface area (Å²) in [5.41, 5.74) is -5.48. The number of amides is 2. The number of H-pyrrole nitrogens is 1. The van der Waals surface area contributed by atoms with Crippen molar-refractivity contribution in [2.24, 2.45) is 0 Å². The van der Waals surface area contributed by atoms with E-state index < -0.39 is 82.0 Å². The SMILES string of the molecule is O=C(Nc1cc2c([nH]c(=O)n2CC(F)(F)F)c2c1[C@H](c1cc(F)ccc1Cl)NC2=O)c1cc(F)cc(C(F)(F)F)c1. The van der Waals surface area contributed by atoms with Gasteiger partial charge in [0.25, 0.3) is 11.8 Å². The average Bonchev–Trinajstić information content (AvgIpc) is 3.35. The van der Waals surface area contributed by atoms with Crippen LogP contribution in [0.4, 0.5) is 40.8 Å². The summed E-state index contributed by atoms with van der Waals surface area (Å²) >= 11 is 6.20. The van der Waals surface area contributed by atoms with Crippen molar-refractivity contribution >= 4 is 40.1 Å². The minimum Gasteiger partial charge on any atom is -0.341 e. The van der Waals surface area contributed by atoms with Gasteiger partial charge in [0.1, 0.15) is 18.2 Å². The first-order valence-corrected chi connectivity index (χ1v) is 11.7. The van der Waals surface area contributed by atoms with Crippen molar-refractivity contribution in [2.45, 2.75) is 24.9 Å². The molecule has 1 atom stereocenters. The molecule has 0 bridgehead atoms. The monoisotopic (exact) mass is 604 g/mol. The lowest BCUT2D eigenvalue weighted by molar-refractivity contribution is -0.140. The van der Waals surface area contributed by atoms with E-state index in [-0.39, 0.29) is 32.3 Å². The van der Waals surface area contributed by atoms with E-state index in [1.54, 1.807) is 0 Å². The predicted molar refractivity (Wildman–Crippen MR) is 129 cm³/mol. The van der Waals surface area contributed by atoms with Gasteiger partial charge in [0, 0.05) is 27.4 Å². The van der Waals surface area contributed by atoms with Crippen molar-refractivity contribution in [2.75, 3.05) is 5.32 Å². The number of aromatic nitrogens is 2. The molecule has 0 saturated heterocycles. The lowest BCUT2D eigenvalue weighted by atomic mass is 9.95. The van der Waals surface area contributed by atoms with Crippen LogP contribution in [0.15, 0.2) is 47.3 Å². The summed E-state index contributed by atoms with van der Waals surface area (Å²) < 4.78 is 108. The number of alkyl halides is 6. The highest BCUT2D eigenvalue weighted by Gasteiger charge is 2.39. The van der Waals surface area contributed by atoms with Crippen LogP contribution in [0.1, 0.15) is 43.4 Å². The Hall–Kier alpha value is -4.40. The summed E-state index contributed by atoms with van der Waals surface area (Å²) in [4.78, 5) is 40.8. The first-order chi connectivity index (χ1) is 19.0. The number of halogens is 9. The predicted octanol–water partition coefficient (Wildman–Crippen LogP) is 5.93. The summed E-state index contributed by atoms with van der Waals surface area (Å²) in [7, 11) is 0. The molecule has 1 aromatic heterocycles. The second-order valence-corrected chi connectivity index (χ2v) is 9.40. The summed E-state index contributed by atoms with van der Waals surface area (Å²) in [5, 5.41) is 4.59. The van der Waals surface area contributed by atoms with Crippen molar-refractivity contribution in [3.05, 3.63) is 97.4 Å². The van der Waals surface area contributed by atoms with Gasteiger partial charge >= 0.3 is 18.0 Å². The maximum absolute atomic E-state index is 14.1. The minimum atomic E-state index is -5.02. The van der Waals surface area contributed by atoms with Crippen LogP contribution in [0.5, 0.6) is 0 Å². The standard InChI is InChI=1S/C25H13ClF8N4O3/c26-14-2-1-11(27)6-13(14)19-17-15(35-21(39)9-3-10(25(32,33)34)5-12(28)4-9)7-16-20(18(17)22(40)36-19)37-23(41)38(16)8-24(29,30)31/h1-7,19H,8H2,(H,35,39)(H,36,40)(H,37,41)/t19-/m0/s1. The molecule has 0 unspecified atom stereocenters. The van der Waals surface area contributed by atoms with Crippen LogP contribution in [-0.4, -0.2) is 27.5 Å². The highest BCUT2D eigenvalue weighted by molar-refractivity contribution is 6.31. The normalized spacial score (nSPS) is 15.2. The topological polar surface area (TPSA) is 96.0 Å². The fourth-order valence-electron chi connectivity index (χ4n) is 4.61. The fraction of sp³-hybridized carbons (Fsp3) is 0.160. The Morgan fingerprint density at radius 1 is 0.976 bits per heavy atom. The maximum atomic E-state index is 14.1. The number of hydrogen-bond acceptors (Lipinski definition) is 3. The van der Waals surface area contributed by atoms with Gasteiger partial charge in [0.05, 0.1) is 28.2 Å². The molecule has 7 nitrogen and oxygen atoms in total. The molecule has 0 aliphatic carbocycles. The average molecular weight is 605 g/mol. The number of hydrogen-bond donors (Lipinski definition) is 3. The number of aromatic amines is 1. The fourth-order valence-corrected chi connectivity index (χ4v) is 4.83. The summed E-state index contributed by atoms with van der Waals surface area (Å²) in [6, 6.07) is 3.65. The van der Waals surface area contributed by atoms with Crippen LogP contribution < -0.4 is 16.3 Å². The Morgan fingerprint density at radius 3 is 2.34 bits per heavy atom. The second kappa shape index (κ2) is 9.61. The number of imidazole rings is 1. The van der Waals surface area contributed by atoms with E-state index in [4.69, 9.17) is 11.6 Å². The van der Waals surface area contributed by atoms with E-state index in [1.807, 2.05) is 0 Å². The molecule has 41 heavy (non-hydrogen) atoms. The zero-order valence-corrected chi connectivity index (χ0v) is 20.7. The number of carbonyl (C=O) groups excluding carboxylic acids is 2. The van der Waals surface area contributed by atoms with Crippen LogP contribution in [0, 0.1) is 11.6 Å². The molecular weight excluding hydrogens is 592 g/mol. The lowest BCUT2D eigenvalue weighted by Crippen LogP contribution is -2.26. The molecule has 0 saturated carbocycles. The van der Waals surface area contributed by atoms with E-state index >= 15 is 0 Å². The van der Waals surface area contributed by atoms with Crippen molar-refractivity contribution < 1.29 is 44.7 Å². The van der Waals surface area contributed by atoms with E-state index in [0.29, 0.717) is 12.1 Å². The third-order valence-corrected chi connectivity index (χ3v) is 6.59. The minimum absolute atomic E-state index is 0.0456. The Kier molecular flexibility index (Phi) is 6.59. The third kappa shape index (κ3) is 5.24. The first-order valence-electron chi connectivity index (χ1n) is 11.3. The largest absolute Gasteiger partial charge is 0.416 e. The summed E-state index contributed by atoms with van der Waals surface area (Å²) in [6.07, 6.45) is -9.91. The van der Waals surface area contributed by atoms with Crippen molar-refractivity contribution in [1.29, 1.82) is 0 Å². The van der Waals surface area contributed by atoms with E-state index in [2.05, 4.69) is 15.6 Å². The Labute approximate surface area is 227 Å². The number of nitrogens with zero attached hydrogens (tertiary/aromatic N) is 1. The molecular formula is C25H13ClF8N4O3. The first kappa shape index (κ1) is 28.1. The van der Waals surface area contributed by atoms with Gasteiger partial charge in [-0.15, -0.1) is 0 Å². The van der Waals surface area contributed by atoms with Crippen molar-refractivity contribution in [1.82, 2.24) is 14.9 Å². The highest BCUT2D eigenvalue weighted by Crippen LogP contribution is 2.42. The molecule has 0 spiro atoms. The van der Waals surface area contributed by atoms with Crippen molar-refractivity contribution in [3.8, 4) is 0 Å². The van der Waals surface area contributed by atoms with Crippen LogP contribution in [0.2, 0.25) is 5.02 Å². The Morgan fingerprint density at radius 2 is 1.68 bits per heavy atom. The van der Waals surface area contributed by atoms with E-state index in [9.17, 15) is 49.5 Å². The van der Waals surface area contributed by atoms with Gasteiger partial charge in [-0.05, 0) is 42.5 Å². The summed E-state index contributed by atoms with van der Waals surface area (Å²) in [6.45, 7) is -1.79. The molecule has 214 valence electrons. The van der Waals surface area contributed by atoms with Crippen molar-refractivity contribution in [3.63, 3.8) is 0 Å². The maximum Gasteiger partial charge on any atom is 0.416 e. The van der Waals surface area contributed by atoms with Gasteiger partial charge in [-0.1, -0.05) is 11.6 Å². The number of rotatable bonds is 4. The number of carbonyl (C=O) groups is 2. The molecule has 2 heterocycles. The third-order valence-electron chi connectivity index (χ3n) is 6.25. The van der Waals surface area contributed by atoms with Gasteiger partial charge in [-0.25, -0.2) is 13.6 Å².